The van der Waals surface area contributed by atoms with Crippen molar-refractivity contribution >= 4 is 17.8 Å². The Balaban J connectivity index is 1.90. The van der Waals surface area contributed by atoms with Crippen molar-refractivity contribution < 1.29 is 38.2 Å². The maximum absolute atomic E-state index is 13.7. The fourth-order valence-electron chi connectivity index (χ4n) is 5.76. The van der Waals surface area contributed by atoms with Gasteiger partial charge in [0.25, 0.3) is 0 Å². The first-order valence-corrected chi connectivity index (χ1v) is 14.6. The number of carboxylic acids is 1. The lowest BCUT2D eigenvalue weighted by Gasteiger charge is -2.31. The Hall–Kier alpha value is -3.05. The predicted molar refractivity (Wildman–Crippen MR) is 155 cm³/mol. The number of fused-ring (bicyclic) bond motifs is 1. The molecule has 2 aliphatic heterocycles. The molecule has 1 aromatic rings. The van der Waals surface area contributed by atoms with Gasteiger partial charge in [0.1, 0.15) is 0 Å². The van der Waals surface area contributed by atoms with Gasteiger partial charge in [-0.1, -0.05) is 13.3 Å². The van der Waals surface area contributed by atoms with E-state index in [0.717, 1.165) is 35.9 Å². The van der Waals surface area contributed by atoms with Crippen LogP contribution in [0.25, 0.3) is 0 Å². The molecule has 11 nitrogen and oxygen atoms in total. The molecule has 1 fully saturated rings. The van der Waals surface area contributed by atoms with E-state index in [2.05, 4.69) is 28.1 Å². The molecule has 3 rings (SSSR count). The molecule has 1 saturated heterocycles. The highest BCUT2D eigenvalue weighted by molar-refractivity contribution is 5.79. The fraction of sp³-hybridized carbons (Fsp3) is 0.700. The number of carbonyl (C=O) groups is 3. The van der Waals surface area contributed by atoms with Gasteiger partial charge in [-0.05, 0) is 30.5 Å². The van der Waals surface area contributed by atoms with Crippen molar-refractivity contribution in [1.82, 2.24) is 14.7 Å². The number of carbonyl (C=O) groups excluding carboxylic acids is 2. The van der Waals surface area contributed by atoms with E-state index in [1.807, 2.05) is 21.9 Å². The Morgan fingerprint density at radius 1 is 1.12 bits per heavy atom. The van der Waals surface area contributed by atoms with E-state index in [-0.39, 0.29) is 25.2 Å². The molecule has 1 N–H and O–H groups in total. The third kappa shape index (κ3) is 8.48. The standard InChI is InChI=1S/C30H48N4O7/c1-8-9-12-32(13-10-15-34(4,5)6)27(36)19-33-18-23(22-16-25(39-7)29-26(17-22)40-20-41-29)28(30(37)38)24(33)11-14-31(3)21(2)35/h16-17,23-24,28H,8-15,18-20H2,1-7H3/p+1/t23-,24+,28?/m1/s1. The van der Waals surface area contributed by atoms with E-state index in [9.17, 15) is 19.5 Å². The van der Waals surface area contributed by atoms with Gasteiger partial charge in [0.2, 0.25) is 24.4 Å². The molecule has 0 bridgehead atoms. The summed E-state index contributed by atoms with van der Waals surface area (Å²) < 4.78 is 17.5. The van der Waals surface area contributed by atoms with Crippen molar-refractivity contribution in [3.8, 4) is 17.2 Å². The summed E-state index contributed by atoms with van der Waals surface area (Å²) in [4.78, 5) is 44.0. The summed E-state index contributed by atoms with van der Waals surface area (Å²) in [6.07, 6.45) is 3.23. The maximum Gasteiger partial charge on any atom is 0.308 e. The largest absolute Gasteiger partial charge is 0.493 e. The van der Waals surface area contributed by atoms with Crippen LogP contribution < -0.4 is 14.2 Å². The predicted octanol–water partition coefficient (Wildman–Crippen LogP) is 2.49. The Bertz CT molecular complexity index is 1070. The first-order valence-electron chi connectivity index (χ1n) is 14.6. The molecule has 2 heterocycles. The number of aliphatic carboxylic acids is 1. The van der Waals surface area contributed by atoms with Gasteiger partial charge < -0.3 is 33.6 Å². The van der Waals surface area contributed by atoms with Gasteiger partial charge in [-0.15, -0.1) is 0 Å². The number of nitrogens with zero attached hydrogens (tertiary/aromatic N) is 4. The quantitative estimate of drug-likeness (QED) is 0.317. The minimum atomic E-state index is -0.928. The molecular weight excluding hydrogens is 528 g/mol. The molecule has 230 valence electrons. The van der Waals surface area contributed by atoms with Gasteiger partial charge in [0.15, 0.2) is 11.5 Å². The highest BCUT2D eigenvalue weighted by Crippen LogP contribution is 2.47. The van der Waals surface area contributed by atoms with Gasteiger partial charge in [-0.2, -0.15) is 0 Å². The molecule has 3 atom stereocenters. The molecule has 0 aromatic heterocycles. The molecule has 1 aromatic carbocycles. The number of likely N-dealkylation sites (tertiary alicyclic amines) is 1. The third-order valence-corrected chi connectivity index (χ3v) is 8.17. The second-order valence-electron chi connectivity index (χ2n) is 12.3. The number of hydrogen-bond donors (Lipinski definition) is 1. The molecule has 0 radical (unpaired) electrons. The van der Waals surface area contributed by atoms with Crippen LogP contribution >= 0.6 is 0 Å². The van der Waals surface area contributed by atoms with Crippen molar-refractivity contribution in [1.29, 1.82) is 0 Å². The van der Waals surface area contributed by atoms with Crippen molar-refractivity contribution in [2.24, 2.45) is 5.92 Å². The smallest absolute Gasteiger partial charge is 0.308 e. The highest BCUT2D eigenvalue weighted by Gasteiger charge is 2.47. The van der Waals surface area contributed by atoms with Crippen LogP contribution in [0.1, 0.15) is 51.0 Å². The Morgan fingerprint density at radius 3 is 2.44 bits per heavy atom. The minimum absolute atomic E-state index is 0.0119. The average molecular weight is 578 g/mol. The normalized spacial score (nSPS) is 20.2. The SMILES string of the molecule is CCCCN(CCC[N+](C)(C)C)C(=O)CN1C[C@H](c2cc(OC)c3c(c2)OCO3)C(C(=O)O)[C@@H]1CCN(C)C(C)=O. The van der Waals surface area contributed by atoms with Crippen LogP contribution in [0, 0.1) is 5.92 Å². The number of rotatable bonds is 15. The number of quaternary nitrogens is 1. The number of hydrogen-bond acceptors (Lipinski definition) is 7. The Kier molecular flexibility index (Phi) is 11.3. The fourth-order valence-corrected chi connectivity index (χ4v) is 5.76. The van der Waals surface area contributed by atoms with Crippen molar-refractivity contribution in [2.75, 3.05) is 81.4 Å². The molecule has 11 heteroatoms. The van der Waals surface area contributed by atoms with E-state index in [0.29, 0.717) is 49.8 Å². The minimum Gasteiger partial charge on any atom is -0.493 e. The zero-order valence-electron chi connectivity index (χ0n) is 25.9. The molecular formula is C30H49N4O7+. The number of ether oxygens (including phenoxy) is 3. The highest BCUT2D eigenvalue weighted by atomic mass is 16.7. The van der Waals surface area contributed by atoms with Crippen LogP contribution in [0.3, 0.4) is 0 Å². The topological polar surface area (TPSA) is 109 Å². The zero-order valence-corrected chi connectivity index (χ0v) is 25.9. The summed E-state index contributed by atoms with van der Waals surface area (Å²) in [7, 11) is 9.68. The number of amides is 2. The van der Waals surface area contributed by atoms with Crippen LogP contribution in [0.2, 0.25) is 0 Å². The lowest BCUT2D eigenvalue weighted by molar-refractivity contribution is -0.870. The van der Waals surface area contributed by atoms with E-state index in [4.69, 9.17) is 14.2 Å². The van der Waals surface area contributed by atoms with E-state index in [1.54, 1.807) is 19.1 Å². The van der Waals surface area contributed by atoms with Gasteiger partial charge in [0, 0.05) is 58.5 Å². The van der Waals surface area contributed by atoms with Gasteiger partial charge in [0.05, 0.1) is 47.3 Å². The maximum atomic E-state index is 13.7. The average Bonchev–Trinajstić information content (AvgIpc) is 3.52. The summed E-state index contributed by atoms with van der Waals surface area (Å²) in [6, 6.07) is 3.21. The molecule has 0 aliphatic carbocycles. The lowest BCUT2D eigenvalue weighted by Crippen LogP contribution is -2.46. The second-order valence-corrected chi connectivity index (χ2v) is 12.3. The molecule has 2 amide bonds. The zero-order chi connectivity index (χ0) is 30.3. The first-order chi connectivity index (χ1) is 19.4. The van der Waals surface area contributed by atoms with Crippen molar-refractivity contribution in [3.63, 3.8) is 0 Å². The van der Waals surface area contributed by atoms with E-state index < -0.39 is 23.8 Å². The van der Waals surface area contributed by atoms with Crippen LogP contribution in [-0.2, 0) is 14.4 Å². The number of methoxy groups -OCH3 is 1. The first kappa shape index (κ1) is 32.5. The van der Waals surface area contributed by atoms with Crippen molar-refractivity contribution in [2.45, 2.75) is 51.5 Å². The van der Waals surface area contributed by atoms with Crippen LogP contribution in [0.4, 0.5) is 0 Å². The molecule has 0 spiro atoms. The summed E-state index contributed by atoms with van der Waals surface area (Å²) in [6.45, 7) is 6.90. The van der Waals surface area contributed by atoms with Gasteiger partial charge in [-0.25, -0.2) is 0 Å². The van der Waals surface area contributed by atoms with Crippen molar-refractivity contribution in [3.05, 3.63) is 17.7 Å². The van der Waals surface area contributed by atoms with Crippen LogP contribution in [0.15, 0.2) is 12.1 Å². The summed E-state index contributed by atoms with van der Waals surface area (Å²) in [5.41, 5.74) is 0.768. The van der Waals surface area contributed by atoms with Gasteiger partial charge >= 0.3 is 5.97 Å². The number of benzene rings is 1. The monoisotopic (exact) mass is 577 g/mol. The van der Waals surface area contributed by atoms with Crippen LogP contribution in [-0.4, -0.2) is 129 Å². The van der Waals surface area contributed by atoms with E-state index in [1.165, 1.54) is 6.92 Å². The summed E-state index contributed by atoms with van der Waals surface area (Å²) in [5.74, 6) is -0.668. The second kappa shape index (κ2) is 14.2. The molecule has 41 heavy (non-hydrogen) atoms. The Morgan fingerprint density at radius 2 is 1.83 bits per heavy atom. The third-order valence-electron chi connectivity index (χ3n) is 8.17. The van der Waals surface area contributed by atoms with E-state index >= 15 is 0 Å². The molecule has 0 saturated carbocycles. The van der Waals surface area contributed by atoms with Crippen LogP contribution in [0.5, 0.6) is 17.2 Å². The molecule has 1 unspecified atom stereocenters. The summed E-state index contributed by atoms with van der Waals surface area (Å²) >= 11 is 0. The summed E-state index contributed by atoms with van der Waals surface area (Å²) in [5, 5.41) is 10.5. The Labute approximate surface area is 244 Å². The van der Waals surface area contributed by atoms with Gasteiger partial charge in [-0.3, -0.25) is 19.3 Å². The number of carboxylic acid groups (broad SMARTS) is 1. The number of unbranched alkanes of at least 4 members (excludes halogenated alkanes) is 1. The molecule has 2 aliphatic rings. The lowest BCUT2D eigenvalue weighted by atomic mass is 9.84.